The van der Waals surface area contributed by atoms with Crippen molar-refractivity contribution in [3.63, 3.8) is 0 Å². The lowest BCUT2D eigenvalue weighted by atomic mass is 9.83. The van der Waals surface area contributed by atoms with Gasteiger partial charge in [0, 0.05) is 6.42 Å². The van der Waals surface area contributed by atoms with Crippen molar-refractivity contribution in [2.45, 2.75) is 59.3 Å². The van der Waals surface area contributed by atoms with E-state index < -0.39 is 0 Å². The smallest absolute Gasteiger partial charge is 0.123 e. The lowest BCUT2D eigenvalue weighted by molar-refractivity contribution is 0.329. The van der Waals surface area contributed by atoms with Gasteiger partial charge >= 0.3 is 0 Å². The van der Waals surface area contributed by atoms with Crippen molar-refractivity contribution >= 4 is 0 Å². The summed E-state index contributed by atoms with van der Waals surface area (Å²) in [5, 5.41) is 0. The summed E-state index contributed by atoms with van der Waals surface area (Å²) in [7, 11) is 0. The maximum Gasteiger partial charge on any atom is 0.123 e. The average Bonchev–Trinajstić information content (AvgIpc) is 2.35. The zero-order chi connectivity index (χ0) is 14.5. The summed E-state index contributed by atoms with van der Waals surface area (Å²) in [4.78, 5) is 0. The third kappa shape index (κ3) is 4.31. The van der Waals surface area contributed by atoms with E-state index in [9.17, 15) is 0 Å². The monoisotopic (exact) mass is 258 g/mol. The van der Waals surface area contributed by atoms with E-state index in [1.165, 1.54) is 11.1 Å². The van der Waals surface area contributed by atoms with E-state index >= 15 is 0 Å². The molecule has 1 unspecified atom stereocenters. The van der Waals surface area contributed by atoms with Crippen LogP contribution in [0.2, 0.25) is 0 Å². The molecule has 1 nitrogen and oxygen atoms in total. The van der Waals surface area contributed by atoms with Gasteiger partial charge in [-0.25, -0.2) is 0 Å². The summed E-state index contributed by atoms with van der Waals surface area (Å²) < 4.78 is 5.75. The van der Waals surface area contributed by atoms with Crippen molar-refractivity contribution in [1.29, 1.82) is 0 Å². The minimum Gasteiger partial charge on any atom is -0.494 e. The van der Waals surface area contributed by atoms with Crippen LogP contribution in [0.15, 0.2) is 18.2 Å². The summed E-state index contributed by atoms with van der Waals surface area (Å²) >= 11 is 0. The lowest BCUT2D eigenvalue weighted by Crippen LogP contribution is -2.14. The van der Waals surface area contributed by atoms with Gasteiger partial charge in [-0.3, -0.25) is 0 Å². The highest BCUT2D eigenvalue weighted by Crippen LogP contribution is 2.34. The molecule has 0 saturated heterocycles. The Labute approximate surface area is 118 Å². The summed E-state index contributed by atoms with van der Waals surface area (Å²) in [5.41, 5.74) is 2.72. The number of rotatable bonds is 4. The molecule has 0 spiro atoms. The maximum atomic E-state index is 5.75. The molecule has 104 valence electrons. The van der Waals surface area contributed by atoms with Gasteiger partial charge in [0.2, 0.25) is 0 Å². The van der Waals surface area contributed by atoms with E-state index in [1.54, 1.807) is 0 Å². The Bertz CT molecular complexity index is 469. The normalized spacial score (nSPS) is 12.5. The molecule has 0 N–H and O–H groups in total. The second kappa shape index (κ2) is 6.66. The highest BCUT2D eigenvalue weighted by atomic mass is 16.5. The number of benzene rings is 1. The second-order valence-corrected chi connectivity index (χ2v) is 5.97. The van der Waals surface area contributed by atoms with Crippen molar-refractivity contribution < 1.29 is 4.74 Å². The van der Waals surface area contributed by atoms with Gasteiger partial charge in [-0.05, 0) is 42.4 Å². The second-order valence-electron chi connectivity index (χ2n) is 5.97. The van der Waals surface area contributed by atoms with Crippen LogP contribution in [0.4, 0.5) is 0 Å². The highest BCUT2D eigenvalue weighted by Gasteiger charge is 2.20. The first-order chi connectivity index (χ1) is 8.90. The molecule has 0 aliphatic heterocycles. The van der Waals surface area contributed by atoms with Crippen LogP contribution >= 0.6 is 0 Å². The fourth-order valence-corrected chi connectivity index (χ4v) is 2.09. The first-order valence-electron chi connectivity index (χ1n) is 7.07. The molecule has 1 aromatic rings. The third-order valence-electron chi connectivity index (χ3n) is 3.27. The van der Waals surface area contributed by atoms with Crippen molar-refractivity contribution in [3.05, 3.63) is 29.3 Å². The van der Waals surface area contributed by atoms with E-state index in [1.807, 2.05) is 13.8 Å². The number of hydrogen-bond donors (Lipinski definition) is 0. The van der Waals surface area contributed by atoms with Crippen LogP contribution < -0.4 is 4.74 Å². The first kappa shape index (κ1) is 15.6. The van der Waals surface area contributed by atoms with Crippen molar-refractivity contribution in [3.8, 4) is 17.6 Å². The van der Waals surface area contributed by atoms with Crippen LogP contribution in [-0.2, 0) is 5.41 Å². The SMILES string of the molecule is CC#CCC(C)c1ccc(OCC)c(C(C)(C)C)c1. The Hall–Kier alpha value is -1.42. The Kier molecular flexibility index (Phi) is 5.48. The molecule has 0 radical (unpaired) electrons. The van der Waals surface area contributed by atoms with Gasteiger partial charge in [-0.1, -0.05) is 39.8 Å². The highest BCUT2D eigenvalue weighted by molar-refractivity contribution is 5.42. The maximum absolute atomic E-state index is 5.75. The van der Waals surface area contributed by atoms with Gasteiger partial charge in [-0.15, -0.1) is 11.8 Å². The molecule has 0 bridgehead atoms. The van der Waals surface area contributed by atoms with E-state index in [0.717, 1.165) is 12.2 Å². The Morgan fingerprint density at radius 1 is 1.26 bits per heavy atom. The predicted octanol–water partition coefficient (Wildman–Crippen LogP) is 4.90. The summed E-state index contributed by atoms with van der Waals surface area (Å²) in [5.74, 6) is 7.60. The molecule has 0 aromatic heterocycles. The van der Waals surface area contributed by atoms with Crippen molar-refractivity contribution in [2.24, 2.45) is 0 Å². The lowest BCUT2D eigenvalue weighted by Gasteiger charge is -2.24. The summed E-state index contributed by atoms with van der Waals surface area (Å²) in [6, 6.07) is 6.56. The molecule has 0 aliphatic rings. The molecule has 19 heavy (non-hydrogen) atoms. The number of ether oxygens (including phenoxy) is 1. The van der Waals surface area contributed by atoms with Crippen LogP contribution in [-0.4, -0.2) is 6.61 Å². The van der Waals surface area contributed by atoms with E-state index in [0.29, 0.717) is 12.5 Å². The van der Waals surface area contributed by atoms with Crippen molar-refractivity contribution in [1.82, 2.24) is 0 Å². The molecular formula is C18H26O. The van der Waals surface area contributed by atoms with Crippen LogP contribution in [0.5, 0.6) is 5.75 Å². The molecule has 0 aliphatic carbocycles. The van der Waals surface area contributed by atoms with E-state index in [-0.39, 0.29) is 5.41 Å². The van der Waals surface area contributed by atoms with Gasteiger partial charge in [0.1, 0.15) is 5.75 Å². The van der Waals surface area contributed by atoms with Crippen LogP contribution in [0.1, 0.15) is 65.0 Å². The van der Waals surface area contributed by atoms with Crippen LogP contribution in [0, 0.1) is 11.8 Å². The zero-order valence-electron chi connectivity index (χ0n) is 13.1. The molecular weight excluding hydrogens is 232 g/mol. The standard InChI is InChI=1S/C18H26O/c1-7-9-10-14(3)15-11-12-17(19-8-2)16(13-15)18(4,5)6/h11-14H,8,10H2,1-6H3. The Morgan fingerprint density at radius 3 is 2.47 bits per heavy atom. The molecule has 0 heterocycles. The number of hydrogen-bond acceptors (Lipinski definition) is 1. The molecule has 0 fully saturated rings. The van der Waals surface area contributed by atoms with Crippen LogP contribution in [0.25, 0.3) is 0 Å². The van der Waals surface area contributed by atoms with E-state index in [2.05, 4.69) is 57.7 Å². The van der Waals surface area contributed by atoms with Gasteiger partial charge in [0.15, 0.2) is 0 Å². The van der Waals surface area contributed by atoms with Gasteiger partial charge in [0.25, 0.3) is 0 Å². The molecule has 0 amide bonds. The molecule has 1 aromatic carbocycles. The van der Waals surface area contributed by atoms with E-state index in [4.69, 9.17) is 4.74 Å². The Morgan fingerprint density at radius 2 is 1.95 bits per heavy atom. The molecule has 0 saturated carbocycles. The topological polar surface area (TPSA) is 9.23 Å². The Balaban J connectivity index is 3.13. The average molecular weight is 258 g/mol. The van der Waals surface area contributed by atoms with Gasteiger partial charge < -0.3 is 4.74 Å². The fourth-order valence-electron chi connectivity index (χ4n) is 2.09. The third-order valence-corrected chi connectivity index (χ3v) is 3.27. The molecule has 1 heteroatoms. The quantitative estimate of drug-likeness (QED) is 0.698. The zero-order valence-corrected chi connectivity index (χ0v) is 13.1. The predicted molar refractivity (Wildman–Crippen MR) is 82.8 cm³/mol. The largest absolute Gasteiger partial charge is 0.494 e. The van der Waals surface area contributed by atoms with Crippen LogP contribution in [0.3, 0.4) is 0 Å². The minimum absolute atomic E-state index is 0.0939. The first-order valence-corrected chi connectivity index (χ1v) is 7.07. The summed E-state index contributed by atoms with van der Waals surface area (Å²) in [6.07, 6.45) is 0.911. The van der Waals surface area contributed by atoms with Crippen molar-refractivity contribution in [2.75, 3.05) is 6.61 Å². The van der Waals surface area contributed by atoms with Gasteiger partial charge in [0.05, 0.1) is 6.61 Å². The molecule has 1 atom stereocenters. The fraction of sp³-hybridized carbons (Fsp3) is 0.556. The summed E-state index contributed by atoms with van der Waals surface area (Å²) in [6.45, 7) is 13.5. The molecule has 1 rings (SSSR count). The van der Waals surface area contributed by atoms with Gasteiger partial charge in [-0.2, -0.15) is 0 Å². The minimum atomic E-state index is 0.0939.